The van der Waals surface area contributed by atoms with Gasteiger partial charge in [0.25, 0.3) is 0 Å². The van der Waals surface area contributed by atoms with E-state index < -0.39 is 6.04 Å². The third kappa shape index (κ3) is 3.21. The van der Waals surface area contributed by atoms with Gasteiger partial charge in [0, 0.05) is 16.5 Å². The molecule has 1 aliphatic rings. The lowest BCUT2D eigenvalue weighted by Gasteiger charge is -2.13. The summed E-state index contributed by atoms with van der Waals surface area (Å²) in [6.45, 7) is 0. The quantitative estimate of drug-likeness (QED) is 0.293. The van der Waals surface area contributed by atoms with Crippen molar-refractivity contribution in [2.24, 2.45) is 0 Å². The Balaban J connectivity index is 2.14. The van der Waals surface area contributed by atoms with Crippen LogP contribution in [-0.4, -0.2) is 28.0 Å². The number of nitrogens with one attached hydrogen (secondary N) is 1. The standard InChI is InChI=1S/C13H13BrN2O3/c14-10-6-4-9(5-7-10)13(17)8-16(19)12-3-1-2-11(12)15-18/h2,4-8,12,15,18H,1,3H2/b16-8-/t12-/m0/s1. The molecule has 0 unspecified atom stereocenters. The average molecular weight is 325 g/mol. The van der Waals surface area contributed by atoms with Crippen LogP contribution in [0.5, 0.6) is 0 Å². The Bertz CT molecular complexity index is 537. The van der Waals surface area contributed by atoms with Crippen LogP contribution in [0.25, 0.3) is 0 Å². The summed E-state index contributed by atoms with van der Waals surface area (Å²) in [6, 6.07) is 6.25. The van der Waals surface area contributed by atoms with Crippen LogP contribution in [0.1, 0.15) is 23.2 Å². The van der Waals surface area contributed by atoms with Gasteiger partial charge in [-0.3, -0.25) is 15.5 Å². The number of rotatable bonds is 4. The number of hydroxylamine groups is 2. The highest BCUT2D eigenvalue weighted by Crippen LogP contribution is 2.18. The highest BCUT2D eigenvalue weighted by Gasteiger charge is 2.26. The van der Waals surface area contributed by atoms with Crippen LogP contribution in [0.15, 0.2) is 40.5 Å². The number of halogens is 1. The predicted octanol–water partition coefficient (Wildman–Crippen LogP) is 2.24. The molecule has 0 radical (unpaired) electrons. The first-order valence-electron chi connectivity index (χ1n) is 5.82. The number of Topliss-reactive ketones (excluding diaryl/α,β-unsaturated/α-hetero) is 1. The SMILES string of the molecule is O=C(/C=[N+](\[O-])[C@H]1CCC=C1NO)c1ccc(Br)cc1. The van der Waals surface area contributed by atoms with Gasteiger partial charge in [-0.2, -0.15) is 4.74 Å². The van der Waals surface area contributed by atoms with Crippen molar-refractivity contribution in [1.82, 2.24) is 5.48 Å². The Hall–Kier alpha value is -1.66. The van der Waals surface area contributed by atoms with Gasteiger partial charge in [0.2, 0.25) is 18.0 Å². The van der Waals surface area contributed by atoms with Crippen molar-refractivity contribution >= 4 is 27.9 Å². The van der Waals surface area contributed by atoms with Gasteiger partial charge in [-0.1, -0.05) is 22.0 Å². The van der Waals surface area contributed by atoms with Crippen molar-refractivity contribution in [3.05, 3.63) is 51.3 Å². The predicted molar refractivity (Wildman–Crippen MR) is 74.2 cm³/mol. The summed E-state index contributed by atoms with van der Waals surface area (Å²) in [6.07, 6.45) is 4.04. The fourth-order valence-electron chi connectivity index (χ4n) is 1.97. The number of hydrogen-bond donors (Lipinski definition) is 2. The second-order valence-corrected chi connectivity index (χ2v) is 5.14. The molecular formula is C13H13BrN2O3. The summed E-state index contributed by atoms with van der Waals surface area (Å²) in [4.78, 5) is 11.9. The maximum atomic E-state index is 11.9. The van der Waals surface area contributed by atoms with E-state index in [9.17, 15) is 10.0 Å². The summed E-state index contributed by atoms with van der Waals surface area (Å²) in [5, 5.41) is 20.8. The largest absolute Gasteiger partial charge is 0.623 e. The molecule has 0 aromatic heterocycles. The minimum atomic E-state index is -0.524. The third-order valence-electron chi connectivity index (χ3n) is 2.97. The van der Waals surface area contributed by atoms with Crippen LogP contribution < -0.4 is 5.48 Å². The molecule has 0 bridgehead atoms. The summed E-state index contributed by atoms with van der Waals surface area (Å²) in [5.41, 5.74) is 2.89. The molecule has 1 aromatic rings. The molecule has 0 saturated heterocycles. The molecule has 0 aliphatic heterocycles. The minimum Gasteiger partial charge on any atom is -0.623 e. The fourth-order valence-corrected chi connectivity index (χ4v) is 2.23. The van der Waals surface area contributed by atoms with E-state index >= 15 is 0 Å². The smallest absolute Gasteiger partial charge is 0.249 e. The van der Waals surface area contributed by atoms with Crippen molar-refractivity contribution in [2.75, 3.05) is 0 Å². The van der Waals surface area contributed by atoms with E-state index in [2.05, 4.69) is 15.9 Å². The molecule has 1 aromatic carbocycles. The Kier molecular flexibility index (Phi) is 4.34. The van der Waals surface area contributed by atoms with E-state index in [1.54, 1.807) is 30.3 Å². The van der Waals surface area contributed by atoms with E-state index in [-0.39, 0.29) is 5.78 Å². The van der Waals surface area contributed by atoms with Crippen molar-refractivity contribution in [3.63, 3.8) is 0 Å². The first-order chi connectivity index (χ1) is 9.11. The van der Waals surface area contributed by atoms with Crippen LogP contribution in [0.2, 0.25) is 0 Å². The van der Waals surface area contributed by atoms with Gasteiger partial charge < -0.3 is 5.21 Å². The molecule has 100 valence electrons. The second kappa shape index (κ2) is 5.99. The third-order valence-corrected chi connectivity index (χ3v) is 3.50. The minimum absolute atomic E-state index is 0.355. The topological polar surface area (TPSA) is 75.4 Å². The summed E-state index contributed by atoms with van der Waals surface area (Å²) >= 11 is 3.28. The zero-order valence-corrected chi connectivity index (χ0v) is 11.6. The number of ketones is 1. The molecule has 0 spiro atoms. The summed E-state index contributed by atoms with van der Waals surface area (Å²) < 4.78 is 1.46. The molecule has 1 aliphatic carbocycles. The van der Waals surface area contributed by atoms with E-state index in [1.165, 1.54) is 0 Å². The lowest BCUT2D eigenvalue weighted by molar-refractivity contribution is -0.486. The van der Waals surface area contributed by atoms with Crippen LogP contribution in [0.4, 0.5) is 0 Å². The molecule has 0 heterocycles. The van der Waals surface area contributed by atoms with Crippen molar-refractivity contribution in [1.29, 1.82) is 0 Å². The molecule has 0 amide bonds. The Morgan fingerprint density at radius 3 is 2.79 bits per heavy atom. The molecule has 19 heavy (non-hydrogen) atoms. The molecule has 1 atom stereocenters. The van der Waals surface area contributed by atoms with Crippen LogP contribution in [-0.2, 0) is 0 Å². The average Bonchev–Trinajstić information content (AvgIpc) is 2.87. The first kappa shape index (κ1) is 13.8. The van der Waals surface area contributed by atoms with E-state index in [0.717, 1.165) is 10.7 Å². The summed E-state index contributed by atoms with van der Waals surface area (Å²) in [5.74, 6) is -0.355. The molecule has 0 saturated carbocycles. The fraction of sp³-hybridized carbons (Fsp3) is 0.231. The maximum absolute atomic E-state index is 11.9. The second-order valence-electron chi connectivity index (χ2n) is 4.22. The van der Waals surface area contributed by atoms with E-state index in [1.807, 2.05) is 5.48 Å². The van der Waals surface area contributed by atoms with Gasteiger partial charge in [0.15, 0.2) is 0 Å². The maximum Gasteiger partial charge on any atom is 0.249 e. The zero-order chi connectivity index (χ0) is 13.8. The molecule has 5 nitrogen and oxygen atoms in total. The number of benzene rings is 1. The normalized spacial score (nSPS) is 19.2. The number of hydrogen-bond acceptors (Lipinski definition) is 4. The van der Waals surface area contributed by atoms with Crippen molar-refractivity contribution < 1.29 is 14.7 Å². The highest BCUT2D eigenvalue weighted by atomic mass is 79.9. The summed E-state index contributed by atoms with van der Waals surface area (Å²) in [7, 11) is 0. The van der Waals surface area contributed by atoms with E-state index in [4.69, 9.17) is 5.21 Å². The highest BCUT2D eigenvalue weighted by molar-refractivity contribution is 9.10. The molecule has 2 rings (SSSR count). The first-order valence-corrected chi connectivity index (χ1v) is 6.61. The van der Waals surface area contributed by atoms with Crippen LogP contribution >= 0.6 is 15.9 Å². The van der Waals surface area contributed by atoms with Gasteiger partial charge in [-0.25, -0.2) is 0 Å². The zero-order valence-electron chi connectivity index (χ0n) is 10.0. The van der Waals surface area contributed by atoms with Gasteiger partial charge in [0.05, 0.1) is 0 Å². The molecule has 2 N–H and O–H groups in total. The number of carbonyl (C=O) groups is 1. The van der Waals surface area contributed by atoms with E-state index in [0.29, 0.717) is 28.8 Å². The monoisotopic (exact) mass is 324 g/mol. The van der Waals surface area contributed by atoms with Crippen LogP contribution in [0, 0.1) is 5.21 Å². The van der Waals surface area contributed by atoms with Gasteiger partial charge in [0.1, 0.15) is 5.70 Å². The van der Waals surface area contributed by atoms with Crippen LogP contribution in [0.3, 0.4) is 0 Å². The number of carbonyl (C=O) groups excluding carboxylic acids is 1. The Morgan fingerprint density at radius 2 is 2.16 bits per heavy atom. The lowest BCUT2D eigenvalue weighted by Crippen LogP contribution is -2.29. The number of nitrogens with zero attached hydrogens (tertiary/aromatic N) is 1. The molecule has 6 heteroatoms. The van der Waals surface area contributed by atoms with Gasteiger partial charge >= 0.3 is 0 Å². The van der Waals surface area contributed by atoms with Crippen molar-refractivity contribution in [2.45, 2.75) is 18.9 Å². The Labute approximate surface area is 118 Å². The van der Waals surface area contributed by atoms with Gasteiger partial charge in [-0.05, 0) is 30.7 Å². The molecular weight excluding hydrogens is 312 g/mol. The Morgan fingerprint density at radius 1 is 1.47 bits per heavy atom. The molecule has 0 fully saturated rings. The lowest BCUT2D eigenvalue weighted by atomic mass is 10.1. The van der Waals surface area contributed by atoms with Crippen molar-refractivity contribution in [3.8, 4) is 0 Å². The number of allylic oxidation sites excluding steroid dienone is 1. The van der Waals surface area contributed by atoms with Gasteiger partial charge in [-0.15, -0.1) is 0 Å².